The Kier molecular flexibility index (Phi) is 5.01. The van der Waals surface area contributed by atoms with E-state index in [1.807, 2.05) is 0 Å². The van der Waals surface area contributed by atoms with Crippen molar-refractivity contribution in [1.82, 2.24) is 15.2 Å². The van der Waals surface area contributed by atoms with Gasteiger partial charge in [-0.3, -0.25) is 0 Å². The van der Waals surface area contributed by atoms with Crippen molar-refractivity contribution in [2.45, 2.75) is 25.8 Å². The molecule has 1 aliphatic heterocycles. The van der Waals surface area contributed by atoms with Crippen molar-refractivity contribution in [1.29, 1.82) is 0 Å². The van der Waals surface area contributed by atoms with E-state index in [-0.39, 0.29) is 0 Å². The van der Waals surface area contributed by atoms with Crippen molar-refractivity contribution in [3.05, 3.63) is 52.0 Å². The van der Waals surface area contributed by atoms with Crippen LogP contribution in [0.5, 0.6) is 0 Å². The fourth-order valence-corrected chi connectivity index (χ4v) is 3.55. The van der Waals surface area contributed by atoms with Gasteiger partial charge in [0.15, 0.2) is 0 Å². The van der Waals surface area contributed by atoms with Crippen molar-refractivity contribution < 1.29 is 0 Å². The average molecular weight is 301 g/mol. The van der Waals surface area contributed by atoms with Crippen LogP contribution in [-0.4, -0.2) is 36.1 Å². The summed E-state index contributed by atoms with van der Waals surface area (Å²) in [6, 6.07) is 11.2. The zero-order valence-corrected chi connectivity index (χ0v) is 13.4. The fraction of sp³-hybridized carbons (Fsp3) is 0.471. The summed E-state index contributed by atoms with van der Waals surface area (Å²) in [5.41, 5.74) is 2.64. The van der Waals surface area contributed by atoms with E-state index in [0.29, 0.717) is 6.04 Å². The molecule has 0 spiro atoms. The maximum Gasteiger partial charge on any atom is 0.0897 e. The second kappa shape index (κ2) is 7.16. The minimum Gasteiger partial charge on any atom is -0.309 e. The molecule has 2 heterocycles. The maximum atomic E-state index is 4.57. The van der Waals surface area contributed by atoms with Gasteiger partial charge in [0.25, 0.3) is 0 Å². The summed E-state index contributed by atoms with van der Waals surface area (Å²) in [6.07, 6.45) is 2.28. The van der Waals surface area contributed by atoms with Gasteiger partial charge in [-0.15, -0.1) is 11.3 Å². The average Bonchev–Trinajstić information content (AvgIpc) is 2.79. The number of aromatic nitrogens is 1. The Morgan fingerprint density at radius 2 is 2.19 bits per heavy atom. The van der Waals surface area contributed by atoms with Gasteiger partial charge in [-0.25, -0.2) is 4.98 Å². The second-order valence-corrected chi connectivity index (χ2v) is 6.74. The third-order valence-electron chi connectivity index (χ3n) is 4.04. The molecule has 0 radical (unpaired) electrons. The molecule has 1 fully saturated rings. The smallest absolute Gasteiger partial charge is 0.0897 e. The normalized spacial score (nSPS) is 20.3. The molecular formula is C17H23N3S. The van der Waals surface area contributed by atoms with Gasteiger partial charge in [0.05, 0.1) is 10.7 Å². The highest BCUT2D eigenvalue weighted by Gasteiger charge is 2.18. The molecule has 0 saturated carbocycles. The van der Waals surface area contributed by atoms with E-state index in [2.05, 4.69) is 57.8 Å². The topological polar surface area (TPSA) is 28.2 Å². The summed E-state index contributed by atoms with van der Waals surface area (Å²) in [7, 11) is 0. The Balaban J connectivity index is 1.60. The number of thiazole rings is 1. The maximum absolute atomic E-state index is 4.57. The number of nitrogens with one attached hydrogen (secondary N) is 1. The Hall–Kier alpha value is -1.23. The van der Waals surface area contributed by atoms with Gasteiger partial charge in [0.1, 0.15) is 0 Å². The van der Waals surface area contributed by atoms with Crippen LogP contribution in [0.15, 0.2) is 35.7 Å². The number of rotatable bonds is 4. The third-order valence-corrected chi connectivity index (χ3v) is 4.86. The van der Waals surface area contributed by atoms with Gasteiger partial charge in [0.2, 0.25) is 0 Å². The molecule has 0 bridgehead atoms. The summed E-state index contributed by atoms with van der Waals surface area (Å²) >= 11 is 1.75. The number of nitrogens with zero attached hydrogens (tertiary/aromatic N) is 2. The lowest BCUT2D eigenvalue weighted by Crippen LogP contribution is -2.32. The van der Waals surface area contributed by atoms with Crippen LogP contribution in [0.25, 0.3) is 0 Å². The first kappa shape index (κ1) is 14.7. The number of hydrogen-bond donors (Lipinski definition) is 1. The molecule has 1 saturated heterocycles. The molecule has 21 heavy (non-hydrogen) atoms. The van der Waals surface area contributed by atoms with E-state index in [9.17, 15) is 0 Å². The molecule has 1 N–H and O–H groups in total. The Bertz CT molecular complexity index is 552. The highest BCUT2D eigenvalue weighted by Crippen LogP contribution is 2.17. The Morgan fingerprint density at radius 3 is 2.95 bits per heavy atom. The van der Waals surface area contributed by atoms with Gasteiger partial charge in [0, 0.05) is 30.9 Å². The molecule has 3 rings (SSSR count). The van der Waals surface area contributed by atoms with E-state index >= 15 is 0 Å². The van der Waals surface area contributed by atoms with E-state index in [1.165, 1.54) is 29.2 Å². The van der Waals surface area contributed by atoms with Crippen LogP contribution in [-0.2, 0) is 6.42 Å². The molecule has 3 nitrogen and oxygen atoms in total. The predicted molar refractivity (Wildman–Crippen MR) is 88.8 cm³/mol. The largest absolute Gasteiger partial charge is 0.309 e. The van der Waals surface area contributed by atoms with Gasteiger partial charge in [-0.2, -0.15) is 0 Å². The van der Waals surface area contributed by atoms with Crippen LogP contribution in [0, 0.1) is 6.92 Å². The quantitative estimate of drug-likeness (QED) is 0.941. The number of benzene rings is 1. The zero-order chi connectivity index (χ0) is 14.5. The molecule has 1 aromatic heterocycles. The highest BCUT2D eigenvalue weighted by atomic mass is 32.1. The van der Waals surface area contributed by atoms with Crippen LogP contribution in [0.4, 0.5) is 0 Å². The molecule has 0 amide bonds. The standard InChI is InChI=1S/C17H23N3S/c1-14-19-16(13-21-14)8-11-20-10-5-9-18-17(12-20)15-6-3-2-4-7-15/h2-4,6-7,13,17-18H,5,8-12H2,1H3. The van der Waals surface area contributed by atoms with Crippen molar-refractivity contribution in [3.8, 4) is 0 Å². The summed E-state index contributed by atoms with van der Waals surface area (Å²) < 4.78 is 0. The van der Waals surface area contributed by atoms with Gasteiger partial charge >= 0.3 is 0 Å². The van der Waals surface area contributed by atoms with Crippen LogP contribution >= 0.6 is 11.3 Å². The van der Waals surface area contributed by atoms with Crippen molar-refractivity contribution in [3.63, 3.8) is 0 Å². The molecule has 1 atom stereocenters. The second-order valence-electron chi connectivity index (χ2n) is 5.68. The summed E-state index contributed by atoms with van der Waals surface area (Å²) in [4.78, 5) is 7.15. The van der Waals surface area contributed by atoms with E-state index in [0.717, 1.165) is 26.1 Å². The van der Waals surface area contributed by atoms with Crippen LogP contribution in [0.3, 0.4) is 0 Å². The van der Waals surface area contributed by atoms with Crippen LogP contribution < -0.4 is 5.32 Å². The summed E-state index contributed by atoms with van der Waals surface area (Å²) in [5, 5.41) is 7.04. The molecular weight excluding hydrogens is 278 g/mol. The Morgan fingerprint density at radius 1 is 1.33 bits per heavy atom. The first-order valence-electron chi connectivity index (χ1n) is 7.73. The number of aryl methyl sites for hydroxylation is 1. The van der Waals surface area contributed by atoms with E-state index in [1.54, 1.807) is 11.3 Å². The van der Waals surface area contributed by atoms with Crippen molar-refractivity contribution in [2.75, 3.05) is 26.2 Å². The van der Waals surface area contributed by atoms with Gasteiger partial charge in [-0.1, -0.05) is 30.3 Å². The molecule has 112 valence electrons. The fourth-order valence-electron chi connectivity index (χ4n) is 2.90. The molecule has 0 aliphatic carbocycles. The minimum atomic E-state index is 0.450. The van der Waals surface area contributed by atoms with E-state index in [4.69, 9.17) is 0 Å². The number of hydrogen-bond acceptors (Lipinski definition) is 4. The first-order chi connectivity index (χ1) is 10.3. The van der Waals surface area contributed by atoms with Gasteiger partial charge in [-0.05, 0) is 32.0 Å². The third kappa shape index (κ3) is 4.13. The summed E-state index contributed by atoms with van der Waals surface area (Å²) in [6.45, 7) is 6.56. The van der Waals surface area contributed by atoms with Crippen molar-refractivity contribution >= 4 is 11.3 Å². The van der Waals surface area contributed by atoms with E-state index < -0.39 is 0 Å². The molecule has 1 unspecified atom stereocenters. The van der Waals surface area contributed by atoms with Crippen molar-refractivity contribution in [2.24, 2.45) is 0 Å². The molecule has 4 heteroatoms. The molecule has 1 aromatic carbocycles. The lowest BCUT2D eigenvalue weighted by molar-refractivity contribution is 0.271. The Labute approximate surface area is 131 Å². The van der Waals surface area contributed by atoms with Crippen LogP contribution in [0.2, 0.25) is 0 Å². The zero-order valence-electron chi connectivity index (χ0n) is 12.6. The lowest BCUT2D eigenvalue weighted by atomic mass is 10.1. The SMILES string of the molecule is Cc1nc(CCN2CCCNC(c3ccccc3)C2)cs1. The lowest BCUT2D eigenvalue weighted by Gasteiger charge is -2.24. The highest BCUT2D eigenvalue weighted by molar-refractivity contribution is 7.09. The molecule has 2 aromatic rings. The minimum absolute atomic E-state index is 0.450. The first-order valence-corrected chi connectivity index (χ1v) is 8.61. The monoisotopic (exact) mass is 301 g/mol. The molecule has 1 aliphatic rings. The summed E-state index contributed by atoms with van der Waals surface area (Å²) in [5.74, 6) is 0. The van der Waals surface area contributed by atoms with Gasteiger partial charge < -0.3 is 10.2 Å². The van der Waals surface area contributed by atoms with Crippen LogP contribution in [0.1, 0.15) is 28.7 Å². The predicted octanol–water partition coefficient (Wildman–Crippen LogP) is 3.03.